The summed E-state index contributed by atoms with van der Waals surface area (Å²) in [4.78, 5) is 10.7. The molecule has 0 heterocycles. The van der Waals surface area contributed by atoms with Crippen molar-refractivity contribution in [3.63, 3.8) is 0 Å². The van der Waals surface area contributed by atoms with E-state index >= 15 is 0 Å². The molecule has 0 aromatic carbocycles. The molecule has 7 heteroatoms. The van der Waals surface area contributed by atoms with E-state index in [4.69, 9.17) is 0 Å². The smallest absolute Gasteiger partial charge is 1.00 e. The number of carbonyl (C=O) groups excluding carboxylic acids is 1. The Hall–Kier alpha value is -0.283. The van der Waals surface area contributed by atoms with E-state index in [2.05, 4.69) is 21.9 Å². The van der Waals surface area contributed by atoms with Gasteiger partial charge in [0.15, 0.2) is 0 Å². The minimum Gasteiger partial charge on any atom is -1.00 e. The van der Waals surface area contributed by atoms with Crippen LogP contribution in [0.1, 0.15) is 66.1 Å². The van der Waals surface area contributed by atoms with Gasteiger partial charge in [0.1, 0.15) is 0 Å². The summed E-state index contributed by atoms with van der Waals surface area (Å²) in [6.45, 7) is 5.35. The molecule has 0 spiro atoms. The van der Waals surface area contributed by atoms with Gasteiger partial charge in [0, 0.05) is 6.08 Å². The molecule has 120 valence electrons. The van der Waals surface area contributed by atoms with Crippen LogP contribution in [-0.4, -0.2) is 21.0 Å². The topological polar surface area (TPSA) is 69.7 Å². The molecule has 0 aromatic heterocycles. The molecule has 0 amide bonds. The average molecular weight is 314 g/mol. The Morgan fingerprint density at radius 2 is 1.52 bits per heavy atom. The van der Waals surface area contributed by atoms with Crippen LogP contribution in [0, 0.1) is 0 Å². The van der Waals surface area contributed by atoms with Gasteiger partial charge in [-0.15, -0.1) is 0 Å². The van der Waals surface area contributed by atoms with Gasteiger partial charge in [-0.05, 0) is 6.42 Å². The molecule has 0 unspecified atom stereocenters. The first-order valence-electron chi connectivity index (χ1n) is 7.27. The van der Waals surface area contributed by atoms with Gasteiger partial charge in [0.05, 0.1) is 6.61 Å². The summed E-state index contributed by atoms with van der Waals surface area (Å²) < 4.78 is 30.9. The third-order valence-corrected chi connectivity index (χ3v) is 3.65. The molecule has 0 atom stereocenters. The molecule has 0 fully saturated rings. The predicted octanol–water partition coefficient (Wildman–Crippen LogP) is 0.624. The van der Waals surface area contributed by atoms with Crippen LogP contribution in [-0.2, 0) is 23.6 Å². The molecule has 5 nitrogen and oxygen atoms in total. The second-order valence-corrected chi connectivity index (χ2v) is 5.88. The van der Waals surface area contributed by atoms with Crippen LogP contribution in [0.5, 0.6) is 0 Å². The van der Waals surface area contributed by atoms with E-state index in [0.29, 0.717) is 6.42 Å². The van der Waals surface area contributed by atoms with Crippen molar-refractivity contribution < 1.29 is 41.9 Å². The summed E-state index contributed by atoms with van der Waals surface area (Å²) in [6, 6.07) is 0. The average Bonchev–Trinajstić information content (AvgIpc) is 2.40. The first kappa shape index (κ1) is 23.0. The van der Waals surface area contributed by atoms with Crippen molar-refractivity contribution in [3.05, 3.63) is 12.7 Å². The number of hydrogen-bond donors (Lipinski definition) is 0. The molecule has 0 aliphatic heterocycles. The molecule has 0 saturated heterocycles. The second kappa shape index (κ2) is 14.6. The SMILES string of the molecule is C=CC(=O)OS(=O)(=O)OCCCCCCCCCCC.[H-].[Li+]. The van der Waals surface area contributed by atoms with Gasteiger partial charge in [-0.3, -0.25) is 0 Å². The van der Waals surface area contributed by atoms with Crippen molar-refractivity contribution >= 4 is 16.4 Å². The molecule has 21 heavy (non-hydrogen) atoms. The van der Waals surface area contributed by atoms with E-state index in [-0.39, 0.29) is 26.9 Å². The van der Waals surface area contributed by atoms with Gasteiger partial charge in [0.2, 0.25) is 0 Å². The first-order valence-corrected chi connectivity index (χ1v) is 8.60. The number of rotatable bonds is 13. The molecule has 0 aliphatic carbocycles. The number of unbranched alkanes of at least 4 members (excludes halogenated alkanes) is 8. The Morgan fingerprint density at radius 1 is 1.05 bits per heavy atom. The second-order valence-electron chi connectivity index (χ2n) is 4.67. The molecule has 0 aliphatic rings. The van der Waals surface area contributed by atoms with Crippen LogP contribution in [0.25, 0.3) is 0 Å². The molecule has 0 radical (unpaired) electrons. The van der Waals surface area contributed by atoms with Gasteiger partial charge >= 0.3 is 35.2 Å². The number of carbonyl (C=O) groups is 1. The van der Waals surface area contributed by atoms with Crippen molar-refractivity contribution in [2.24, 2.45) is 0 Å². The maximum Gasteiger partial charge on any atom is 1.00 e. The van der Waals surface area contributed by atoms with Crippen molar-refractivity contribution in [1.82, 2.24) is 0 Å². The van der Waals surface area contributed by atoms with Crippen molar-refractivity contribution in [3.8, 4) is 0 Å². The fourth-order valence-corrected chi connectivity index (χ4v) is 2.37. The summed E-state index contributed by atoms with van der Waals surface area (Å²) >= 11 is 0. The standard InChI is InChI=1S/C14H26O5S.Li.H/c1-3-5-6-7-8-9-10-11-12-13-18-20(16,17)19-14(15)4-2;;/h4H,2-3,5-13H2,1H3;;/q;+1;-1. The summed E-state index contributed by atoms with van der Waals surface area (Å²) in [5.41, 5.74) is 0. The maximum absolute atomic E-state index is 11.1. The zero-order valence-corrected chi connectivity index (χ0v) is 14.1. The third-order valence-electron chi connectivity index (χ3n) is 2.83. The van der Waals surface area contributed by atoms with Crippen LogP contribution in [0.3, 0.4) is 0 Å². The Balaban J connectivity index is -0.00000180. The van der Waals surface area contributed by atoms with E-state index < -0.39 is 16.4 Å². The summed E-state index contributed by atoms with van der Waals surface area (Å²) in [6.07, 6.45) is 10.9. The zero-order valence-electron chi connectivity index (χ0n) is 14.3. The van der Waals surface area contributed by atoms with Crippen molar-refractivity contribution in [2.45, 2.75) is 64.7 Å². The Labute approximate surface area is 142 Å². The molecule has 0 saturated carbocycles. The normalized spacial score (nSPS) is 10.7. The summed E-state index contributed by atoms with van der Waals surface area (Å²) in [5.74, 6) is -1.03. The largest absolute Gasteiger partial charge is 1.00 e. The Bertz CT molecular complexity index is 373. The van der Waals surface area contributed by atoms with Crippen LogP contribution >= 0.6 is 0 Å². The molecule has 0 aromatic rings. The maximum atomic E-state index is 11.1. The van der Waals surface area contributed by atoms with Crippen LogP contribution in [0.15, 0.2) is 12.7 Å². The fourth-order valence-electron chi connectivity index (χ4n) is 1.73. The van der Waals surface area contributed by atoms with Gasteiger partial charge in [-0.2, -0.15) is 8.42 Å². The van der Waals surface area contributed by atoms with Crippen LogP contribution in [0.4, 0.5) is 0 Å². The number of hydrogen-bond acceptors (Lipinski definition) is 5. The predicted molar refractivity (Wildman–Crippen MR) is 79.5 cm³/mol. The fraction of sp³-hybridized carbons (Fsp3) is 0.786. The Morgan fingerprint density at radius 3 is 2.00 bits per heavy atom. The summed E-state index contributed by atoms with van der Waals surface area (Å²) in [5, 5.41) is 0. The van der Waals surface area contributed by atoms with E-state index in [1.807, 2.05) is 0 Å². The molecule has 0 bridgehead atoms. The van der Waals surface area contributed by atoms with Crippen LogP contribution in [0.2, 0.25) is 0 Å². The third kappa shape index (κ3) is 15.9. The van der Waals surface area contributed by atoms with Gasteiger partial charge in [0.25, 0.3) is 0 Å². The van der Waals surface area contributed by atoms with E-state index in [1.165, 1.54) is 38.5 Å². The first-order chi connectivity index (χ1) is 9.52. The molecular formula is C14H27LiO5S. The van der Waals surface area contributed by atoms with Gasteiger partial charge in [-0.1, -0.05) is 64.9 Å². The summed E-state index contributed by atoms with van der Waals surface area (Å²) in [7, 11) is -4.22. The van der Waals surface area contributed by atoms with E-state index in [1.54, 1.807) is 0 Å². The van der Waals surface area contributed by atoms with Crippen molar-refractivity contribution in [1.29, 1.82) is 0 Å². The minimum absolute atomic E-state index is 0. The molecule has 0 rings (SSSR count). The van der Waals surface area contributed by atoms with Crippen LogP contribution < -0.4 is 18.9 Å². The Kier molecular flexibility index (Phi) is 16.0. The monoisotopic (exact) mass is 314 g/mol. The van der Waals surface area contributed by atoms with Gasteiger partial charge < -0.3 is 5.61 Å². The van der Waals surface area contributed by atoms with E-state index in [0.717, 1.165) is 18.9 Å². The van der Waals surface area contributed by atoms with Crippen molar-refractivity contribution in [2.75, 3.05) is 6.61 Å². The molecular weight excluding hydrogens is 287 g/mol. The molecule has 0 N–H and O–H groups in total. The van der Waals surface area contributed by atoms with Gasteiger partial charge in [-0.25, -0.2) is 8.98 Å². The minimum atomic E-state index is -4.22. The quantitative estimate of drug-likeness (QED) is 0.283. The zero-order chi connectivity index (χ0) is 15.3. The van der Waals surface area contributed by atoms with E-state index in [9.17, 15) is 13.2 Å².